The van der Waals surface area contributed by atoms with Crippen LogP contribution in [0.2, 0.25) is 0 Å². The summed E-state index contributed by atoms with van der Waals surface area (Å²) >= 11 is 0. The molecule has 0 fully saturated rings. The number of aliphatic hydroxyl groups excluding tert-OH is 1. The minimum absolute atomic E-state index is 0.202. The van der Waals surface area contributed by atoms with E-state index in [-0.39, 0.29) is 6.61 Å². The first-order valence-corrected chi connectivity index (χ1v) is 8.49. The van der Waals surface area contributed by atoms with Gasteiger partial charge in [-0.3, -0.25) is 4.99 Å². The molecule has 132 valence electrons. The van der Waals surface area contributed by atoms with Gasteiger partial charge in [0.2, 0.25) is 0 Å². The van der Waals surface area contributed by atoms with Crippen molar-refractivity contribution in [3.05, 3.63) is 60.7 Å². The Bertz CT molecular complexity index is 1060. The van der Waals surface area contributed by atoms with Crippen molar-refractivity contribution in [3.8, 4) is 5.75 Å². The Morgan fingerprint density at radius 1 is 1.23 bits per heavy atom. The lowest BCUT2D eigenvalue weighted by Crippen LogP contribution is -2.23. The number of aromatic nitrogens is 3. The molecule has 0 bridgehead atoms. The maximum atomic E-state index is 10.3. The molecule has 6 nitrogen and oxygen atoms in total. The van der Waals surface area contributed by atoms with Gasteiger partial charge >= 0.3 is 0 Å². The number of aliphatic hydroxyl groups is 1. The maximum absolute atomic E-state index is 10.3. The number of aromatic amines is 1. The molecule has 0 saturated carbocycles. The average Bonchev–Trinajstić information content (AvgIpc) is 3.24. The lowest BCUT2D eigenvalue weighted by atomic mass is 10.1. The number of aliphatic imine (C=N–C) groups is 1. The Kier molecular flexibility index (Phi) is 4.41. The summed E-state index contributed by atoms with van der Waals surface area (Å²) in [6.45, 7) is 0.614. The van der Waals surface area contributed by atoms with E-state index in [4.69, 9.17) is 4.74 Å². The molecule has 0 aliphatic carbocycles. The lowest BCUT2D eigenvalue weighted by Gasteiger charge is -2.13. The number of imidazole rings is 1. The highest BCUT2D eigenvalue weighted by Crippen LogP contribution is 2.32. The highest BCUT2D eigenvalue weighted by molar-refractivity contribution is 6.10. The van der Waals surface area contributed by atoms with Crippen molar-refractivity contribution in [1.82, 2.24) is 14.5 Å². The van der Waals surface area contributed by atoms with Crippen LogP contribution in [0.1, 0.15) is 5.69 Å². The fraction of sp³-hybridized carbons (Fsp3) is 0.200. The molecule has 0 aliphatic rings. The maximum Gasteiger partial charge on any atom is 0.129 e. The minimum atomic E-state index is -0.643. The summed E-state index contributed by atoms with van der Waals surface area (Å²) in [5, 5.41) is 12.5. The second-order valence-electron chi connectivity index (χ2n) is 6.20. The van der Waals surface area contributed by atoms with E-state index in [0.717, 1.165) is 33.2 Å². The third-order valence-electron chi connectivity index (χ3n) is 4.26. The first kappa shape index (κ1) is 16.4. The molecule has 1 unspecified atom stereocenters. The Morgan fingerprint density at radius 2 is 2.08 bits per heavy atom. The van der Waals surface area contributed by atoms with Crippen LogP contribution < -0.4 is 4.74 Å². The summed E-state index contributed by atoms with van der Waals surface area (Å²) in [5.74, 6) is 0.767. The quantitative estimate of drug-likeness (QED) is 0.526. The van der Waals surface area contributed by atoms with Gasteiger partial charge in [-0.2, -0.15) is 0 Å². The predicted octanol–water partition coefficient (Wildman–Crippen LogP) is 3.01. The first-order chi connectivity index (χ1) is 12.7. The largest absolute Gasteiger partial charge is 0.490 e. The van der Waals surface area contributed by atoms with E-state index in [0.29, 0.717) is 6.54 Å². The molecule has 2 N–H and O–H groups in total. The van der Waals surface area contributed by atoms with Crippen LogP contribution in [0.3, 0.4) is 0 Å². The fourth-order valence-corrected chi connectivity index (χ4v) is 3.15. The van der Waals surface area contributed by atoms with Crippen LogP contribution in [0.25, 0.3) is 21.8 Å². The zero-order valence-corrected chi connectivity index (χ0v) is 14.5. The van der Waals surface area contributed by atoms with Gasteiger partial charge in [0.25, 0.3) is 0 Å². The molecule has 2 aromatic heterocycles. The first-order valence-electron chi connectivity index (χ1n) is 8.49. The minimum Gasteiger partial charge on any atom is -0.490 e. The zero-order chi connectivity index (χ0) is 17.9. The van der Waals surface area contributed by atoms with Crippen molar-refractivity contribution in [1.29, 1.82) is 0 Å². The molecule has 0 aliphatic heterocycles. The van der Waals surface area contributed by atoms with Crippen molar-refractivity contribution in [3.63, 3.8) is 0 Å². The van der Waals surface area contributed by atoms with Crippen molar-refractivity contribution in [2.75, 3.05) is 13.7 Å². The summed E-state index contributed by atoms with van der Waals surface area (Å²) in [6, 6.07) is 14.0. The molecule has 0 saturated heterocycles. The second kappa shape index (κ2) is 7.01. The number of hydrogen-bond acceptors (Lipinski definition) is 4. The number of nitrogens with zero attached hydrogens (tertiary/aromatic N) is 3. The highest BCUT2D eigenvalue weighted by atomic mass is 16.5. The molecule has 0 spiro atoms. The lowest BCUT2D eigenvalue weighted by molar-refractivity contribution is 0.0932. The van der Waals surface area contributed by atoms with E-state index in [9.17, 15) is 5.11 Å². The van der Waals surface area contributed by atoms with Crippen LogP contribution in [0.4, 0.5) is 0 Å². The normalized spacial score (nSPS) is 13.0. The van der Waals surface area contributed by atoms with Crippen LogP contribution in [-0.4, -0.2) is 45.6 Å². The zero-order valence-electron chi connectivity index (χ0n) is 14.5. The fourth-order valence-electron chi connectivity index (χ4n) is 3.15. The summed E-state index contributed by atoms with van der Waals surface area (Å²) in [5.41, 5.74) is 2.86. The van der Waals surface area contributed by atoms with Crippen LogP contribution in [0.5, 0.6) is 5.75 Å². The van der Waals surface area contributed by atoms with Gasteiger partial charge in [0.05, 0.1) is 24.1 Å². The molecular formula is C20H20N4O2. The molecule has 0 amide bonds. The SMILES string of the molecule is CN=Cc1cn(CC(O)COc2cccc3[nH]c4ccccc4c23)cn1. The monoisotopic (exact) mass is 348 g/mol. The predicted molar refractivity (Wildman–Crippen MR) is 103 cm³/mol. The summed E-state index contributed by atoms with van der Waals surface area (Å²) < 4.78 is 7.77. The molecule has 26 heavy (non-hydrogen) atoms. The topological polar surface area (TPSA) is 75.4 Å². The molecule has 4 rings (SSSR count). The Hall–Kier alpha value is -3.12. The number of ether oxygens (including phenoxy) is 1. The van der Waals surface area contributed by atoms with Gasteiger partial charge in [0, 0.05) is 35.7 Å². The number of fused-ring (bicyclic) bond motifs is 3. The number of nitrogens with one attached hydrogen (secondary N) is 1. The van der Waals surface area contributed by atoms with Crippen LogP contribution >= 0.6 is 0 Å². The van der Waals surface area contributed by atoms with Crippen LogP contribution in [0.15, 0.2) is 60.0 Å². The van der Waals surface area contributed by atoms with Crippen molar-refractivity contribution in [2.24, 2.45) is 4.99 Å². The number of H-pyrrole nitrogens is 1. The molecular weight excluding hydrogens is 328 g/mol. The molecule has 2 aromatic carbocycles. The third-order valence-corrected chi connectivity index (χ3v) is 4.26. The number of hydrogen-bond donors (Lipinski definition) is 2. The second-order valence-corrected chi connectivity index (χ2v) is 6.20. The number of benzene rings is 2. The van der Waals surface area contributed by atoms with E-state index >= 15 is 0 Å². The smallest absolute Gasteiger partial charge is 0.129 e. The molecule has 2 heterocycles. The van der Waals surface area contributed by atoms with Gasteiger partial charge in [-0.05, 0) is 18.2 Å². The summed E-state index contributed by atoms with van der Waals surface area (Å²) in [6.07, 6.45) is 4.56. The Morgan fingerprint density at radius 3 is 2.96 bits per heavy atom. The molecule has 0 radical (unpaired) electrons. The van der Waals surface area contributed by atoms with Gasteiger partial charge in [-0.25, -0.2) is 4.98 Å². The summed E-state index contributed by atoms with van der Waals surface area (Å²) in [4.78, 5) is 11.5. The van der Waals surface area contributed by atoms with Crippen molar-refractivity contribution >= 4 is 28.0 Å². The van der Waals surface area contributed by atoms with E-state index in [1.54, 1.807) is 19.6 Å². The van der Waals surface area contributed by atoms with E-state index < -0.39 is 6.10 Å². The van der Waals surface area contributed by atoms with E-state index in [2.05, 4.69) is 21.0 Å². The van der Waals surface area contributed by atoms with Gasteiger partial charge in [0.15, 0.2) is 0 Å². The van der Waals surface area contributed by atoms with Crippen molar-refractivity contribution in [2.45, 2.75) is 12.6 Å². The Labute approximate surface area is 150 Å². The van der Waals surface area contributed by atoms with Crippen molar-refractivity contribution < 1.29 is 9.84 Å². The Balaban J connectivity index is 1.50. The van der Waals surface area contributed by atoms with E-state index in [1.165, 1.54) is 0 Å². The van der Waals surface area contributed by atoms with Gasteiger partial charge in [-0.15, -0.1) is 0 Å². The number of rotatable bonds is 6. The number of para-hydroxylation sites is 1. The average molecular weight is 348 g/mol. The molecule has 4 aromatic rings. The van der Waals surface area contributed by atoms with Crippen LogP contribution in [0, 0.1) is 0 Å². The summed E-state index contributed by atoms with van der Waals surface area (Å²) in [7, 11) is 1.70. The molecule has 1 atom stereocenters. The third kappa shape index (κ3) is 3.19. The molecule has 6 heteroatoms. The highest BCUT2D eigenvalue weighted by Gasteiger charge is 2.12. The van der Waals surface area contributed by atoms with Crippen LogP contribution in [-0.2, 0) is 6.54 Å². The van der Waals surface area contributed by atoms with E-state index in [1.807, 2.05) is 47.2 Å². The standard InChI is InChI=1S/C20H20N4O2/c1-21-9-14-10-24(13-22-14)11-15(25)12-26-19-8-4-7-18-20(19)16-5-2-3-6-17(16)23-18/h2-10,13,15,23,25H,11-12H2,1H3. The van der Waals surface area contributed by atoms with Gasteiger partial charge in [0.1, 0.15) is 18.5 Å². The van der Waals surface area contributed by atoms with Gasteiger partial charge < -0.3 is 19.4 Å². The van der Waals surface area contributed by atoms with Gasteiger partial charge in [-0.1, -0.05) is 24.3 Å².